The number of allylic oxidation sites excluding steroid dienone is 1. The van der Waals surface area contributed by atoms with Gasteiger partial charge >= 0.3 is 5.97 Å². The Morgan fingerprint density at radius 1 is 0.619 bits per heavy atom. The van der Waals surface area contributed by atoms with Crippen LogP contribution in [-0.4, -0.2) is 172 Å². The summed E-state index contributed by atoms with van der Waals surface area (Å²) in [6.07, 6.45) is 0.986. The molecule has 0 aliphatic carbocycles. The van der Waals surface area contributed by atoms with Crippen molar-refractivity contribution >= 4 is 76.9 Å². The van der Waals surface area contributed by atoms with Crippen molar-refractivity contribution in [3.63, 3.8) is 0 Å². The van der Waals surface area contributed by atoms with Crippen molar-refractivity contribution in [3.05, 3.63) is 47.7 Å². The molecule has 0 radical (unpaired) electrons. The lowest BCUT2D eigenvalue weighted by atomic mass is 9.95. The SMILES string of the molecule is C/C=C1\NC(=O)[C@H](Cc2ccccc2)NC(=O)[C@@H](C(C)C)NC(=O)[C@@H]([C@H](C)CC)NC(=O)[C@H](NC(=O)[C@H](NC(=O)[C@H]2CCCN2C(=O)[C@H](NC(=O)[C@@H](NC(=O)[C@@H](NC(=O)[C@H](NC(=O)CCCC(C)C)C(C)C)[C@@H](C)O)C(C)C)C(C)C)[C@H](C)CC)[C@H](C)OC(=O)[C@H](C(C)C)NC1=O. The second-order valence-corrected chi connectivity index (χ2v) is 28.2. The minimum Gasteiger partial charge on any atom is -0.458 e. The number of amides is 12. The lowest BCUT2D eigenvalue weighted by Gasteiger charge is -2.34. The number of rotatable bonds is 28. The second kappa shape index (κ2) is 39.4. The fourth-order valence-electron chi connectivity index (χ4n) is 11.3. The van der Waals surface area contributed by atoms with Gasteiger partial charge in [-0.3, -0.25) is 57.5 Å². The van der Waals surface area contributed by atoms with E-state index in [1.165, 1.54) is 31.7 Å². The van der Waals surface area contributed by atoms with Crippen molar-refractivity contribution < 1.29 is 72.2 Å². The van der Waals surface area contributed by atoms with Crippen LogP contribution in [0.25, 0.3) is 0 Å². The fraction of sp³-hybridized carbons (Fsp3) is 0.700. The van der Waals surface area contributed by atoms with Gasteiger partial charge in [-0.1, -0.05) is 166 Å². The van der Waals surface area contributed by atoms with Gasteiger partial charge in [0.1, 0.15) is 78.3 Å². The number of hydrogen-bond acceptors (Lipinski definition) is 15. The Labute approximate surface area is 573 Å². The molecule has 2 fully saturated rings. The molecule has 12 amide bonds. The van der Waals surface area contributed by atoms with Crippen LogP contribution >= 0.6 is 0 Å². The maximum atomic E-state index is 15.0. The Kier molecular flexibility index (Phi) is 33.8. The standard InChI is InChI=1S/C70H114N12O15/c1-20-41(16)55(78-61(87)48-31-27-33-82(48)69(95)53(39(12)13)76-64(90)52(38(10)11)75-67(93)57(43(18)83)80-63(89)50(36(6)7)73-49(84)32-26-28-35(4)5)66(92)81-58-44(19)97-70(96)54(40(14)15)77-59(85)46(22-3)71-60(86)47(34-45-29-24-23-25-30-45)72-62(88)51(37(8)9)74-65(91)56(42(17)21-2)79-68(58)94/h22-25,29-30,35-44,47-48,50-58,83H,20-21,26-28,31-34H2,1-19H3,(H,71,86)(H,72,88)(H,73,84)(H,74,91)(H,75,93)(H,76,90)(H,77,85)(H,78,87)(H,79,94)(H,80,89)(H,81,92)/b46-22-/t41-,42-,43-,44+,47+,48-,50-,51-,52+,53-,54+,55-,56-,57+,58-/m1/s1. The molecular formula is C70H114N12O15. The zero-order chi connectivity index (χ0) is 73.5. The van der Waals surface area contributed by atoms with E-state index in [1.54, 1.807) is 127 Å². The largest absolute Gasteiger partial charge is 0.458 e. The van der Waals surface area contributed by atoms with Crippen molar-refractivity contribution in [1.29, 1.82) is 0 Å². The molecule has 97 heavy (non-hydrogen) atoms. The number of esters is 1. The van der Waals surface area contributed by atoms with E-state index < -0.39 is 191 Å². The van der Waals surface area contributed by atoms with Gasteiger partial charge < -0.3 is 73.2 Å². The Morgan fingerprint density at radius 2 is 1.15 bits per heavy atom. The summed E-state index contributed by atoms with van der Waals surface area (Å²) in [5, 5.41) is 40.5. The number of benzene rings is 1. The first-order valence-electron chi connectivity index (χ1n) is 34.6. The van der Waals surface area contributed by atoms with Crippen LogP contribution in [0.2, 0.25) is 0 Å². The normalized spacial score (nSPS) is 23.2. The van der Waals surface area contributed by atoms with Gasteiger partial charge in [-0.25, -0.2) is 4.79 Å². The van der Waals surface area contributed by atoms with Gasteiger partial charge in [0.15, 0.2) is 0 Å². The van der Waals surface area contributed by atoms with Crippen LogP contribution in [-0.2, 0) is 73.5 Å². The van der Waals surface area contributed by atoms with Crippen LogP contribution in [0.1, 0.15) is 182 Å². The molecule has 3 rings (SSSR count). The number of cyclic esters (lactones) is 1. The van der Waals surface area contributed by atoms with E-state index in [0.717, 1.165) is 6.42 Å². The van der Waals surface area contributed by atoms with Crippen molar-refractivity contribution in [1.82, 2.24) is 63.4 Å². The molecule has 0 saturated carbocycles. The van der Waals surface area contributed by atoms with Crippen LogP contribution in [0, 0.1) is 47.3 Å². The summed E-state index contributed by atoms with van der Waals surface area (Å²) in [5.41, 5.74) is 0.388. The molecule has 2 saturated heterocycles. The lowest BCUT2D eigenvalue weighted by Crippen LogP contribution is -2.64. The third-order valence-electron chi connectivity index (χ3n) is 17.9. The molecule has 0 aromatic heterocycles. The molecule has 0 bridgehead atoms. The molecule has 1 aromatic carbocycles. The summed E-state index contributed by atoms with van der Waals surface area (Å²) in [6, 6.07) is -6.12. The molecule has 2 heterocycles. The molecule has 0 unspecified atom stereocenters. The molecule has 15 atom stereocenters. The summed E-state index contributed by atoms with van der Waals surface area (Å²) in [5.74, 6) is -14.0. The van der Waals surface area contributed by atoms with Crippen LogP contribution in [0.3, 0.4) is 0 Å². The van der Waals surface area contributed by atoms with E-state index >= 15 is 0 Å². The molecular weight excluding hydrogens is 1250 g/mol. The first-order valence-corrected chi connectivity index (χ1v) is 34.6. The van der Waals surface area contributed by atoms with Crippen LogP contribution < -0.4 is 58.5 Å². The van der Waals surface area contributed by atoms with E-state index in [9.17, 15) is 67.4 Å². The van der Waals surface area contributed by atoms with Gasteiger partial charge in [0, 0.05) is 19.4 Å². The van der Waals surface area contributed by atoms with Gasteiger partial charge in [-0.15, -0.1) is 0 Å². The number of carbonyl (C=O) groups is 13. The maximum absolute atomic E-state index is 15.0. The lowest BCUT2D eigenvalue weighted by molar-refractivity contribution is -0.157. The summed E-state index contributed by atoms with van der Waals surface area (Å²) in [6.45, 7) is 31.8. The highest BCUT2D eigenvalue weighted by atomic mass is 16.5. The van der Waals surface area contributed by atoms with Gasteiger partial charge in [0.25, 0.3) is 5.91 Å². The highest BCUT2D eigenvalue weighted by molar-refractivity contribution is 6.03. The number of ether oxygens (including phenoxy) is 1. The quantitative estimate of drug-likeness (QED) is 0.0424. The summed E-state index contributed by atoms with van der Waals surface area (Å²) in [4.78, 5) is 187. The Bertz CT molecular complexity index is 2920. The first kappa shape index (κ1) is 83.3. The van der Waals surface area contributed by atoms with Gasteiger partial charge in [-0.05, 0) is 92.9 Å². The van der Waals surface area contributed by atoms with Crippen molar-refractivity contribution in [2.24, 2.45) is 47.3 Å². The van der Waals surface area contributed by atoms with Crippen LogP contribution in [0.5, 0.6) is 0 Å². The fourth-order valence-corrected chi connectivity index (χ4v) is 11.3. The number of hydrogen-bond donors (Lipinski definition) is 12. The predicted molar refractivity (Wildman–Crippen MR) is 365 cm³/mol. The number of nitrogens with zero attached hydrogens (tertiary/aromatic N) is 1. The Hall–Kier alpha value is -7.97. The number of likely N-dealkylation sites (tertiary alicyclic amines) is 1. The summed E-state index contributed by atoms with van der Waals surface area (Å²) >= 11 is 0. The van der Waals surface area contributed by atoms with Crippen LogP contribution in [0.15, 0.2) is 42.1 Å². The minimum atomic E-state index is -1.80. The predicted octanol–water partition coefficient (Wildman–Crippen LogP) is 2.61. The third-order valence-corrected chi connectivity index (χ3v) is 17.9. The minimum absolute atomic E-state index is 0.0260. The number of aliphatic hydroxyl groups is 1. The third kappa shape index (κ3) is 24.8. The molecule has 12 N–H and O–H groups in total. The molecule has 544 valence electrons. The van der Waals surface area contributed by atoms with Crippen molar-refractivity contribution in [3.8, 4) is 0 Å². The smallest absolute Gasteiger partial charge is 0.329 e. The van der Waals surface area contributed by atoms with E-state index in [2.05, 4.69) is 58.5 Å². The summed E-state index contributed by atoms with van der Waals surface area (Å²) in [7, 11) is 0. The molecule has 27 heteroatoms. The van der Waals surface area contributed by atoms with Crippen molar-refractivity contribution in [2.75, 3.05) is 6.54 Å². The topological polar surface area (TPSA) is 387 Å². The van der Waals surface area contributed by atoms with Gasteiger partial charge in [-0.2, -0.15) is 0 Å². The number of nitrogens with one attached hydrogen (secondary N) is 11. The van der Waals surface area contributed by atoms with Gasteiger partial charge in [0.2, 0.25) is 65.0 Å². The zero-order valence-corrected chi connectivity index (χ0v) is 60.6. The summed E-state index contributed by atoms with van der Waals surface area (Å²) < 4.78 is 5.95. The Morgan fingerprint density at radius 3 is 1.68 bits per heavy atom. The molecule has 0 spiro atoms. The monoisotopic (exact) mass is 1360 g/mol. The Balaban J connectivity index is 2.01. The van der Waals surface area contributed by atoms with E-state index in [4.69, 9.17) is 4.74 Å². The highest BCUT2D eigenvalue weighted by Crippen LogP contribution is 2.23. The molecule has 2 aliphatic heterocycles. The number of carbonyl (C=O) groups excluding carboxylic acids is 13. The maximum Gasteiger partial charge on any atom is 0.329 e. The van der Waals surface area contributed by atoms with E-state index in [-0.39, 0.29) is 37.4 Å². The zero-order valence-electron chi connectivity index (χ0n) is 60.6. The van der Waals surface area contributed by atoms with E-state index in [0.29, 0.717) is 37.2 Å². The molecule has 2 aliphatic rings. The molecule has 1 aromatic rings. The number of aliphatic hydroxyl groups excluding tert-OH is 1. The highest BCUT2D eigenvalue weighted by Gasteiger charge is 2.44. The van der Waals surface area contributed by atoms with Crippen LogP contribution in [0.4, 0.5) is 0 Å². The molecule has 27 nitrogen and oxygen atoms in total. The van der Waals surface area contributed by atoms with Gasteiger partial charge in [0.05, 0.1) is 6.10 Å². The first-order chi connectivity index (χ1) is 45.4. The average molecular weight is 1360 g/mol. The second-order valence-electron chi connectivity index (χ2n) is 28.2. The van der Waals surface area contributed by atoms with E-state index in [1.807, 2.05) is 13.8 Å². The average Bonchev–Trinajstić information content (AvgIpc) is 1.80. The van der Waals surface area contributed by atoms with Crippen molar-refractivity contribution in [2.45, 2.75) is 262 Å².